The first-order valence-electron chi connectivity index (χ1n) is 5.54. The van der Waals surface area contributed by atoms with Crippen LogP contribution in [0, 0.1) is 6.92 Å². The molecular weight excluding hydrogens is 238 g/mol. The average Bonchev–Trinajstić information content (AvgIpc) is 2.89. The maximum Gasteiger partial charge on any atom is 0.245 e. The fourth-order valence-electron chi connectivity index (χ4n) is 1.89. The maximum atomic E-state index is 12.2. The number of nitrogens with zero attached hydrogens (tertiary/aromatic N) is 2. The number of nitrogens with two attached hydrogens (primary N) is 1. The van der Waals surface area contributed by atoms with E-state index in [1.54, 1.807) is 28.8 Å². The van der Waals surface area contributed by atoms with Crippen LogP contribution in [-0.4, -0.2) is 41.6 Å². The van der Waals surface area contributed by atoms with Gasteiger partial charge in [-0.25, -0.2) is 4.98 Å². The molecule has 0 aromatic carbocycles. The Morgan fingerprint density at radius 3 is 3.06 bits per heavy atom. The van der Waals surface area contributed by atoms with Crippen LogP contribution in [0.5, 0.6) is 0 Å². The molecule has 1 aliphatic rings. The van der Waals surface area contributed by atoms with Crippen LogP contribution >= 0.6 is 11.3 Å². The van der Waals surface area contributed by atoms with Gasteiger partial charge >= 0.3 is 0 Å². The lowest BCUT2D eigenvalue weighted by Crippen LogP contribution is -2.54. The number of carbonyl (C=O) groups is 1. The Labute approximate surface area is 105 Å². The van der Waals surface area contributed by atoms with Gasteiger partial charge in [-0.1, -0.05) is 0 Å². The van der Waals surface area contributed by atoms with E-state index in [-0.39, 0.29) is 5.91 Å². The second kappa shape index (κ2) is 4.72. The van der Waals surface area contributed by atoms with Crippen LogP contribution in [-0.2, 0) is 16.1 Å². The van der Waals surface area contributed by atoms with Crippen LogP contribution in [0.2, 0.25) is 0 Å². The Hall–Kier alpha value is -0.980. The number of carbonyl (C=O) groups excluding carboxylic acids is 1. The number of hydrogen-bond donors (Lipinski definition) is 1. The molecule has 94 valence electrons. The van der Waals surface area contributed by atoms with Crippen LogP contribution in [0.15, 0.2) is 5.51 Å². The molecule has 5 nitrogen and oxygen atoms in total. The first-order chi connectivity index (χ1) is 8.03. The van der Waals surface area contributed by atoms with Crippen molar-refractivity contribution in [2.75, 3.05) is 20.3 Å². The smallest absolute Gasteiger partial charge is 0.245 e. The lowest BCUT2D eigenvalue weighted by Gasteiger charge is -2.27. The van der Waals surface area contributed by atoms with Gasteiger partial charge in [-0.15, -0.1) is 11.3 Å². The number of rotatable bonds is 3. The van der Waals surface area contributed by atoms with E-state index in [9.17, 15) is 4.79 Å². The van der Waals surface area contributed by atoms with Crippen molar-refractivity contribution in [2.45, 2.75) is 25.4 Å². The molecule has 1 aromatic rings. The van der Waals surface area contributed by atoms with E-state index in [4.69, 9.17) is 10.5 Å². The molecule has 0 bridgehead atoms. The molecule has 1 amide bonds. The number of likely N-dealkylation sites (N-methyl/N-ethyl adjacent to an activating group) is 1. The molecule has 1 aromatic heterocycles. The summed E-state index contributed by atoms with van der Waals surface area (Å²) in [6, 6.07) is 0. The van der Waals surface area contributed by atoms with Gasteiger partial charge in [0.1, 0.15) is 5.54 Å². The van der Waals surface area contributed by atoms with E-state index in [2.05, 4.69) is 4.98 Å². The van der Waals surface area contributed by atoms with E-state index in [1.165, 1.54) is 0 Å². The molecule has 0 spiro atoms. The Kier molecular flexibility index (Phi) is 3.46. The van der Waals surface area contributed by atoms with Gasteiger partial charge in [-0.05, 0) is 13.3 Å². The van der Waals surface area contributed by atoms with Gasteiger partial charge in [0, 0.05) is 18.5 Å². The second-order valence-electron chi connectivity index (χ2n) is 4.48. The lowest BCUT2D eigenvalue weighted by atomic mass is 9.98. The topological polar surface area (TPSA) is 68.5 Å². The van der Waals surface area contributed by atoms with Gasteiger partial charge in [-0.2, -0.15) is 0 Å². The summed E-state index contributed by atoms with van der Waals surface area (Å²) in [5.74, 6) is -0.0530. The van der Waals surface area contributed by atoms with E-state index in [1.807, 2.05) is 6.92 Å². The summed E-state index contributed by atoms with van der Waals surface area (Å²) in [5, 5.41) is 0. The molecule has 1 saturated heterocycles. The molecule has 2 N–H and O–H groups in total. The van der Waals surface area contributed by atoms with E-state index < -0.39 is 5.54 Å². The fourth-order valence-corrected chi connectivity index (χ4v) is 2.72. The van der Waals surface area contributed by atoms with Crippen LogP contribution in [0.1, 0.15) is 17.0 Å². The standard InChI is InChI=1S/C11H17N3O2S/c1-8-9(17-7-13-8)5-14(2)10(15)11(12)3-4-16-6-11/h7H,3-6,12H2,1-2H3. The average molecular weight is 255 g/mol. The summed E-state index contributed by atoms with van der Waals surface area (Å²) in [4.78, 5) is 19.1. The van der Waals surface area contributed by atoms with Crippen molar-refractivity contribution in [3.8, 4) is 0 Å². The molecule has 1 atom stereocenters. The molecule has 0 radical (unpaired) electrons. The molecule has 6 heteroatoms. The van der Waals surface area contributed by atoms with Gasteiger partial charge in [0.05, 0.1) is 24.4 Å². The van der Waals surface area contributed by atoms with Gasteiger partial charge in [0.15, 0.2) is 0 Å². The highest BCUT2D eigenvalue weighted by Gasteiger charge is 2.40. The maximum absolute atomic E-state index is 12.2. The highest BCUT2D eigenvalue weighted by molar-refractivity contribution is 7.09. The number of thiazole rings is 1. The van der Waals surface area contributed by atoms with Gasteiger partial charge in [-0.3, -0.25) is 4.79 Å². The quantitative estimate of drug-likeness (QED) is 0.855. The third-order valence-electron chi connectivity index (χ3n) is 3.05. The van der Waals surface area contributed by atoms with Gasteiger partial charge in [0.25, 0.3) is 0 Å². The molecule has 17 heavy (non-hydrogen) atoms. The molecule has 2 rings (SSSR count). The van der Waals surface area contributed by atoms with Crippen LogP contribution in [0.25, 0.3) is 0 Å². The Morgan fingerprint density at radius 1 is 1.76 bits per heavy atom. The van der Waals surface area contributed by atoms with Crippen LogP contribution < -0.4 is 5.73 Å². The predicted molar refractivity (Wildman–Crippen MR) is 65.7 cm³/mol. The third kappa shape index (κ3) is 2.48. The largest absolute Gasteiger partial charge is 0.379 e. The van der Waals surface area contributed by atoms with Crippen molar-refractivity contribution in [2.24, 2.45) is 5.73 Å². The molecule has 1 fully saturated rings. The van der Waals surface area contributed by atoms with Crippen molar-refractivity contribution < 1.29 is 9.53 Å². The minimum absolute atomic E-state index is 0.0530. The number of hydrogen-bond acceptors (Lipinski definition) is 5. The first-order valence-corrected chi connectivity index (χ1v) is 6.42. The Bertz CT molecular complexity index is 413. The minimum Gasteiger partial charge on any atom is -0.379 e. The number of aromatic nitrogens is 1. The summed E-state index contributed by atoms with van der Waals surface area (Å²) in [7, 11) is 1.77. The summed E-state index contributed by atoms with van der Waals surface area (Å²) in [5.41, 5.74) is 7.97. The normalized spacial score (nSPS) is 23.9. The van der Waals surface area contributed by atoms with Crippen molar-refractivity contribution in [3.05, 3.63) is 16.1 Å². The molecule has 1 unspecified atom stereocenters. The molecule has 0 saturated carbocycles. The third-order valence-corrected chi connectivity index (χ3v) is 3.97. The van der Waals surface area contributed by atoms with Crippen molar-refractivity contribution in [3.63, 3.8) is 0 Å². The Balaban J connectivity index is 2.03. The summed E-state index contributed by atoms with van der Waals surface area (Å²) >= 11 is 1.56. The number of ether oxygens (including phenoxy) is 1. The van der Waals surface area contributed by atoms with Crippen LogP contribution in [0.4, 0.5) is 0 Å². The highest BCUT2D eigenvalue weighted by Crippen LogP contribution is 2.20. The van der Waals surface area contributed by atoms with E-state index in [0.717, 1.165) is 10.6 Å². The molecule has 2 heterocycles. The van der Waals surface area contributed by atoms with Gasteiger partial charge in [0.2, 0.25) is 5.91 Å². The fraction of sp³-hybridized carbons (Fsp3) is 0.636. The molecular formula is C11H17N3O2S. The van der Waals surface area contributed by atoms with Gasteiger partial charge < -0.3 is 15.4 Å². The summed E-state index contributed by atoms with van der Waals surface area (Å²) in [6.45, 7) is 3.39. The summed E-state index contributed by atoms with van der Waals surface area (Å²) < 4.78 is 5.21. The van der Waals surface area contributed by atoms with Crippen molar-refractivity contribution in [1.29, 1.82) is 0 Å². The molecule has 0 aliphatic carbocycles. The zero-order valence-electron chi connectivity index (χ0n) is 10.1. The van der Waals surface area contributed by atoms with E-state index >= 15 is 0 Å². The van der Waals surface area contributed by atoms with E-state index in [0.29, 0.717) is 26.2 Å². The monoisotopic (exact) mass is 255 g/mol. The minimum atomic E-state index is -0.840. The lowest BCUT2D eigenvalue weighted by molar-refractivity contribution is -0.136. The van der Waals surface area contributed by atoms with Crippen LogP contribution in [0.3, 0.4) is 0 Å². The zero-order valence-corrected chi connectivity index (χ0v) is 10.9. The second-order valence-corrected chi connectivity index (χ2v) is 5.42. The summed E-state index contributed by atoms with van der Waals surface area (Å²) in [6.07, 6.45) is 0.595. The number of aryl methyl sites for hydroxylation is 1. The SMILES string of the molecule is Cc1ncsc1CN(C)C(=O)C1(N)CCOC1. The number of amides is 1. The Morgan fingerprint density at radius 2 is 2.53 bits per heavy atom. The highest BCUT2D eigenvalue weighted by atomic mass is 32.1. The zero-order chi connectivity index (χ0) is 12.5. The predicted octanol–water partition coefficient (Wildman–Crippen LogP) is 0.528. The van der Waals surface area contributed by atoms with Crippen molar-refractivity contribution in [1.82, 2.24) is 9.88 Å². The van der Waals surface area contributed by atoms with Crippen molar-refractivity contribution >= 4 is 17.2 Å². The molecule has 1 aliphatic heterocycles. The first kappa shape index (κ1) is 12.5.